The molecule has 2 aliphatic rings. The summed E-state index contributed by atoms with van der Waals surface area (Å²) in [4.78, 5) is 0. The predicted octanol–water partition coefficient (Wildman–Crippen LogP) is 7.78. The Labute approximate surface area is 287 Å². The Morgan fingerprint density at radius 2 is 1.17 bits per heavy atom. The summed E-state index contributed by atoms with van der Waals surface area (Å²) in [6.45, 7) is 15.9. The van der Waals surface area contributed by atoms with E-state index in [1.54, 1.807) is 7.11 Å². The molecule has 9 heteroatoms. The molecular weight excluding hydrogens is 625 g/mol. The van der Waals surface area contributed by atoms with E-state index in [-0.39, 0.29) is 0 Å². The fraction of sp³-hybridized carbons (Fsp3) is 0.487. The Balaban J connectivity index is 1.56. The number of rotatable bonds is 16. The molecule has 2 heterocycles. The molecule has 0 saturated carbocycles. The van der Waals surface area contributed by atoms with Crippen molar-refractivity contribution >= 4 is 8.32 Å². The lowest BCUT2D eigenvalue weighted by molar-refractivity contribution is -0.333. The average Bonchev–Trinajstić information content (AvgIpc) is 3.45. The first-order valence-electron chi connectivity index (χ1n) is 17.0. The van der Waals surface area contributed by atoms with Gasteiger partial charge in [-0.2, -0.15) is 0 Å². The van der Waals surface area contributed by atoms with E-state index in [1.165, 1.54) is 0 Å². The molecule has 0 radical (unpaired) electrons. The largest absolute Gasteiger partial charge is 0.464 e. The van der Waals surface area contributed by atoms with Crippen LogP contribution in [0.15, 0.2) is 103 Å². The molecule has 0 bridgehead atoms. The molecule has 7 atom stereocenters. The van der Waals surface area contributed by atoms with E-state index in [0.717, 1.165) is 16.7 Å². The second-order valence-electron chi connectivity index (χ2n) is 13.4. The lowest BCUT2D eigenvalue weighted by Gasteiger charge is -2.49. The Morgan fingerprint density at radius 1 is 0.708 bits per heavy atom. The third-order valence-electron chi connectivity index (χ3n) is 8.78. The highest BCUT2D eigenvalue weighted by Crippen LogP contribution is 2.42. The Bertz CT molecular complexity index is 1400. The van der Waals surface area contributed by atoms with Crippen LogP contribution < -0.4 is 0 Å². The second kappa shape index (κ2) is 16.7. The normalized spacial score (nSPS) is 26.2. The Hall–Kier alpha value is -2.86. The van der Waals surface area contributed by atoms with Crippen LogP contribution in [0, 0.1) is 0 Å². The maximum absolute atomic E-state index is 6.98. The average molecular weight is 677 g/mol. The van der Waals surface area contributed by atoms with Crippen molar-refractivity contribution in [1.29, 1.82) is 0 Å². The van der Waals surface area contributed by atoms with Gasteiger partial charge in [-0.25, -0.2) is 0 Å². The van der Waals surface area contributed by atoms with Crippen molar-refractivity contribution in [2.24, 2.45) is 0 Å². The minimum Gasteiger partial charge on any atom is -0.464 e. The van der Waals surface area contributed by atoms with Crippen molar-refractivity contribution in [3.63, 3.8) is 0 Å². The zero-order chi connectivity index (χ0) is 34.1. The highest BCUT2D eigenvalue weighted by molar-refractivity contribution is 6.69. The molecule has 3 aromatic rings. The van der Waals surface area contributed by atoms with Gasteiger partial charge in [-0.3, -0.25) is 0 Å². The minimum atomic E-state index is -2.21. The van der Waals surface area contributed by atoms with Gasteiger partial charge in [0.2, 0.25) is 5.79 Å². The maximum Gasteiger partial charge on any atom is 0.210 e. The highest BCUT2D eigenvalue weighted by Gasteiger charge is 2.57. The Morgan fingerprint density at radius 3 is 1.58 bits per heavy atom. The molecule has 2 saturated heterocycles. The fourth-order valence-electron chi connectivity index (χ4n) is 6.28. The molecule has 0 aliphatic carbocycles. The summed E-state index contributed by atoms with van der Waals surface area (Å²) in [5.74, 6) is -0.270. The van der Waals surface area contributed by atoms with Gasteiger partial charge in [-0.1, -0.05) is 111 Å². The van der Waals surface area contributed by atoms with Crippen LogP contribution in [0.3, 0.4) is 0 Å². The summed E-state index contributed by atoms with van der Waals surface area (Å²) < 4.78 is 53.3. The molecule has 0 amide bonds. The van der Waals surface area contributed by atoms with E-state index in [9.17, 15) is 0 Å². The van der Waals surface area contributed by atoms with Crippen LogP contribution in [0.25, 0.3) is 0 Å². The SMILES string of the molecule is C=C1OC(CC)(CC)O[C@@H]1[C@H](O[Si](C)(C)C)[C@H]1O[C@H](OC)[C@H](OCc2ccccc2)[C@@H](OCc2ccccc2)[C@@H]1OCc1ccccc1. The Kier molecular flexibility index (Phi) is 12.7. The van der Waals surface area contributed by atoms with Crippen molar-refractivity contribution in [2.45, 2.75) is 115 Å². The number of methoxy groups -OCH3 is 1. The lowest BCUT2D eigenvalue weighted by Crippen LogP contribution is -2.66. The van der Waals surface area contributed by atoms with Gasteiger partial charge in [0, 0.05) is 20.0 Å². The molecule has 0 unspecified atom stereocenters. The number of hydrogen-bond donors (Lipinski definition) is 0. The van der Waals surface area contributed by atoms with E-state index in [1.807, 2.05) is 91.0 Å². The van der Waals surface area contributed by atoms with Crippen LogP contribution in [0.1, 0.15) is 43.4 Å². The van der Waals surface area contributed by atoms with E-state index < -0.39 is 57.0 Å². The van der Waals surface area contributed by atoms with E-state index in [2.05, 4.69) is 40.1 Å². The summed E-state index contributed by atoms with van der Waals surface area (Å²) in [5, 5.41) is 0. The van der Waals surface area contributed by atoms with Crippen molar-refractivity contribution in [2.75, 3.05) is 7.11 Å². The fourth-order valence-corrected chi connectivity index (χ4v) is 7.36. The number of ether oxygens (including phenoxy) is 7. The van der Waals surface area contributed by atoms with Crippen molar-refractivity contribution in [3.8, 4) is 0 Å². The van der Waals surface area contributed by atoms with Gasteiger partial charge < -0.3 is 37.6 Å². The minimum absolute atomic E-state index is 0.329. The maximum atomic E-state index is 6.98. The molecule has 2 fully saturated rings. The zero-order valence-electron chi connectivity index (χ0n) is 29.2. The zero-order valence-corrected chi connectivity index (χ0v) is 30.2. The van der Waals surface area contributed by atoms with E-state index in [4.69, 9.17) is 37.6 Å². The number of hydrogen-bond acceptors (Lipinski definition) is 8. The summed E-state index contributed by atoms with van der Waals surface area (Å²) >= 11 is 0. The molecule has 48 heavy (non-hydrogen) atoms. The quantitative estimate of drug-likeness (QED) is 0.143. The lowest BCUT2D eigenvalue weighted by atomic mass is 9.91. The standard InChI is InChI=1S/C39H52O8Si/c1-8-39(9-2)45-28(3)32(46-39)36(47-48(5,6)7)35-33(41-25-29-19-13-10-14-20-29)34(42-26-30-21-15-11-16-22-30)37(38(40-4)44-35)43-27-31-23-17-12-18-24-31/h10-24,32-38H,3,8-9,25-27H2,1-2,4-7H3/t32-,33-,34-,35-,36-,37+,38-/m0/s1. The summed E-state index contributed by atoms with van der Waals surface area (Å²) in [5.41, 5.74) is 3.09. The van der Waals surface area contributed by atoms with Crippen LogP contribution in [0.2, 0.25) is 19.6 Å². The first-order chi connectivity index (χ1) is 23.1. The third-order valence-corrected chi connectivity index (χ3v) is 9.76. The molecule has 5 rings (SSSR count). The molecular formula is C39H52O8Si. The van der Waals surface area contributed by atoms with Crippen molar-refractivity contribution in [3.05, 3.63) is 120 Å². The molecule has 2 aliphatic heterocycles. The van der Waals surface area contributed by atoms with Gasteiger partial charge in [-0.15, -0.1) is 0 Å². The van der Waals surface area contributed by atoms with Crippen LogP contribution in [-0.2, 0) is 57.4 Å². The van der Waals surface area contributed by atoms with E-state index in [0.29, 0.717) is 38.4 Å². The monoisotopic (exact) mass is 676 g/mol. The first-order valence-corrected chi connectivity index (χ1v) is 20.4. The second-order valence-corrected chi connectivity index (χ2v) is 17.9. The summed E-state index contributed by atoms with van der Waals surface area (Å²) in [6.07, 6.45) is -3.24. The molecule has 0 N–H and O–H groups in total. The van der Waals surface area contributed by atoms with Crippen molar-refractivity contribution < 1.29 is 37.6 Å². The van der Waals surface area contributed by atoms with Gasteiger partial charge in [0.1, 0.15) is 42.4 Å². The van der Waals surface area contributed by atoms with Crippen LogP contribution in [0.5, 0.6) is 0 Å². The molecule has 8 nitrogen and oxygen atoms in total. The predicted molar refractivity (Wildman–Crippen MR) is 187 cm³/mol. The van der Waals surface area contributed by atoms with Gasteiger partial charge >= 0.3 is 0 Å². The van der Waals surface area contributed by atoms with Crippen LogP contribution in [-0.4, -0.2) is 64.1 Å². The molecule has 260 valence electrons. The molecule has 3 aromatic carbocycles. The summed E-state index contributed by atoms with van der Waals surface area (Å²) in [7, 11) is -0.585. The topological polar surface area (TPSA) is 73.8 Å². The van der Waals surface area contributed by atoms with Crippen LogP contribution in [0.4, 0.5) is 0 Å². The van der Waals surface area contributed by atoms with Gasteiger partial charge in [-0.05, 0) is 36.3 Å². The smallest absolute Gasteiger partial charge is 0.210 e. The number of benzene rings is 3. The van der Waals surface area contributed by atoms with Gasteiger partial charge in [0.15, 0.2) is 14.6 Å². The van der Waals surface area contributed by atoms with Gasteiger partial charge in [0.25, 0.3) is 0 Å². The third kappa shape index (κ3) is 9.22. The van der Waals surface area contributed by atoms with E-state index >= 15 is 0 Å². The molecule has 0 spiro atoms. The van der Waals surface area contributed by atoms with Gasteiger partial charge in [0.05, 0.1) is 19.8 Å². The molecule has 0 aromatic heterocycles. The van der Waals surface area contributed by atoms with Crippen molar-refractivity contribution in [1.82, 2.24) is 0 Å². The highest BCUT2D eigenvalue weighted by atomic mass is 28.4. The first kappa shape index (κ1) is 36.4. The summed E-state index contributed by atoms with van der Waals surface area (Å²) in [6, 6.07) is 30.2. The van der Waals surface area contributed by atoms with Crippen LogP contribution >= 0.6 is 0 Å².